The molecular formula is C43H64ClN5O3S2. The maximum atomic E-state index is 13.5. The number of rotatable bonds is 7. The van der Waals surface area contributed by atoms with E-state index in [1.165, 1.54) is 63.2 Å². The van der Waals surface area contributed by atoms with E-state index >= 15 is 0 Å². The van der Waals surface area contributed by atoms with Crippen LogP contribution in [0.25, 0.3) is 0 Å². The van der Waals surface area contributed by atoms with E-state index in [0.29, 0.717) is 47.1 Å². The van der Waals surface area contributed by atoms with Crippen molar-refractivity contribution in [2.75, 3.05) is 83.8 Å². The Morgan fingerprint density at radius 3 is 2.63 bits per heavy atom. The van der Waals surface area contributed by atoms with Gasteiger partial charge in [-0.25, -0.2) is 4.31 Å². The Morgan fingerprint density at radius 1 is 1.02 bits per heavy atom. The molecule has 1 saturated carbocycles. The third-order valence-corrected chi connectivity index (χ3v) is 15.0. The molecule has 2 bridgehead atoms. The summed E-state index contributed by atoms with van der Waals surface area (Å²) in [6.45, 7) is 17.5. The number of nitrogens with zero attached hydrogens (tertiary/aromatic N) is 4. The van der Waals surface area contributed by atoms with Gasteiger partial charge in [-0.05, 0) is 115 Å². The second-order valence-corrected chi connectivity index (χ2v) is 18.6. The number of allylic oxidation sites excluding steroid dienone is 1. The number of hydrogen-bond acceptors (Lipinski definition) is 9. The predicted molar refractivity (Wildman–Crippen MR) is 229 cm³/mol. The van der Waals surface area contributed by atoms with Crippen molar-refractivity contribution in [2.24, 2.45) is 23.7 Å². The van der Waals surface area contributed by atoms with E-state index in [9.17, 15) is 4.79 Å². The molecule has 0 spiro atoms. The van der Waals surface area contributed by atoms with Crippen LogP contribution in [-0.2, 0) is 6.42 Å². The number of hydrogen-bond donors (Lipinski definition) is 2. The van der Waals surface area contributed by atoms with Crippen molar-refractivity contribution < 1.29 is 14.6 Å². The van der Waals surface area contributed by atoms with Gasteiger partial charge >= 0.3 is 0 Å². The predicted octanol–water partition coefficient (Wildman–Crippen LogP) is 7.86. The third kappa shape index (κ3) is 10.1. The fourth-order valence-corrected chi connectivity index (χ4v) is 10.7. The lowest BCUT2D eigenvalue weighted by molar-refractivity contribution is 0.0207. The normalized spacial score (nSPS) is 30.3. The number of aryl methyl sites for hydroxylation is 1. The van der Waals surface area contributed by atoms with Crippen LogP contribution < -0.4 is 14.4 Å². The maximum absolute atomic E-state index is 13.5. The van der Waals surface area contributed by atoms with E-state index in [4.69, 9.17) is 21.4 Å². The van der Waals surface area contributed by atoms with E-state index in [1.54, 1.807) is 11.9 Å². The van der Waals surface area contributed by atoms with Crippen LogP contribution in [0.3, 0.4) is 0 Å². The maximum Gasteiger partial charge on any atom is 0.261 e. The smallest absolute Gasteiger partial charge is 0.261 e. The lowest BCUT2D eigenvalue weighted by Gasteiger charge is -2.49. The molecule has 1 amide bonds. The van der Waals surface area contributed by atoms with Gasteiger partial charge in [-0.3, -0.25) is 19.3 Å². The standard InChI is InChI=1S/C42H60ClN5O2S2.CH4O/c1-5-6-9-31-21-36(43)13-15-38(31)35-25-47-24-34-11-14-39(34)33(23-45-17-18-46-19-20-48(51-4)27-37(46)26-45)10-7-8-29(2)30(3)52-44-42(49)32-12-16-41(50-28-35)40(47)22-32;1-2/h7,10,12-13,15-16,21-22,29-30,33-35,37,39H,5-6,8-9,11,14,17-20,23-28H2,1-4H3,(H,44,49);2H,1H3/b10-7+;. The molecule has 4 heterocycles. The van der Waals surface area contributed by atoms with Gasteiger partial charge in [-0.1, -0.05) is 69.0 Å². The highest BCUT2D eigenvalue weighted by Crippen LogP contribution is 2.45. The van der Waals surface area contributed by atoms with Gasteiger partial charge in [0.15, 0.2) is 0 Å². The third-order valence-electron chi connectivity index (χ3n) is 12.8. The number of nitrogens with one attached hydrogen (secondary N) is 1. The second-order valence-electron chi connectivity index (χ2n) is 16.1. The minimum Gasteiger partial charge on any atom is -0.491 e. The lowest BCUT2D eigenvalue weighted by Crippen LogP contribution is -2.61. The molecule has 2 aromatic rings. The first-order valence-corrected chi connectivity index (χ1v) is 22.9. The number of benzene rings is 2. The number of aliphatic hydroxyl groups is 1. The number of carbonyl (C=O) groups excluding carboxylic acids is 1. The highest BCUT2D eigenvalue weighted by molar-refractivity contribution is 7.98. The number of carbonyl (C=O) groups is 1. The molecule has 2 N–H and O–H groups in total. The molecule has 2 saturated heterocycles. The number of aliphatic hydroxyl groups excluding tert-OH is 1. The highest BCUT2D eigenvalue weighted by Gasteiger charge is 2.40. The summed E-state index contributed by atoms with van der Waals surface area (Å²) in [6, 6.07) is 13.2. The van der Waals surface area contributed by atoms with Crippen molar-refractivity contribution in [1.82, 2.24) is 18.8 Å². The number of piperazine rings is 2. The fraction of sp³-hybridized carbons (Fsp3) is 0.651. The van der Waals surface area contributed by atoms with Crippen molar-refractivity contribution in [3.63, 3.8) is 0 Å². The van der Waals surface area contributed by atoms with Crippen molar-refractivity contribution >= 4 is 47.1 Å². The zero-order chi connectivity index (χ0) is 38.2. The Kier molecular flexibility index (Phi) is 15.4. The molecule has 2 aromatic carbocycles. The van der Waals surface area contributed by atoms with Crippen LogP contribution in [0.2, 0.25) is 5.02 Å². The average Bonchev–Trinajstić information content (AvgIpc) is 3.36. The van der Waals surface area contributed by atoms with Crippen molar-refractivity contribution in [3.8, 4) is 5.75 Å². The van der Waals surface area contributed by atoms with Crippen LogP contribution in [0.1, 0.15) is 80.3 Å². The van der Waals surface area contributed by atoms with Crippen LogP contribution in [-0.4, -0.2) is 115 Å². The molecule has 5 aliphatic rings. The van der Waals surface area contributed by atoms with E-state index in [2.05, 4.69) is 81.1 Å². The van der Waals surface area contributed by atoms with E-state index in [1.807, 2.05) is 30.1 Å². The van der Waals surface area contributed by atoms with Crippen LogP contribution in [0, 0.1) is 23.7 Å². The van der Waals surface area contributed by atoms with Crippen LogP contribution >= 0.6 is 35.5 Å². The van der Waals surface area contributed by atoms with Gasteiger partial charge in [-0.2, -0.15) is 0 Å². The van der Waals surface area contributed by atoms with Gasteiger partial charge in [0.25, 0.3) is 5.91 Å². The monoisotopic (exact) mass is 797 g/mol. The second kappa shape index (κ2) is 20.0. The molecule has 7 rings (SSSR count). The van der Waals surface area contributed by atoms with Gasteiger partial charge in [0.2, 0.25) is 0 Å². The van der Waals surface area contributed by atoms with E-state index in [-0.39, 0.29) is 11.8 Å². The highest BCUT2D eigenvalue weighted by atomic mass is 35.5. The number of amides is 1. The Morgan fingerprint density at radius 2 is 1.85 bits per heavy atom. The Hall–Kier alpha value is -1.92. The lowest BCUT2D eigenvalue weighted by atomic mass is 9.66. The first kappa shape index (κ1) is 41.7. The quantitative estimate of drug-likeness (QED) is 0.215. The molecule has 7 unspecified atom stereocenters. The van der Waals surface area contributed by atoms with Crippen molar-refractivity contribution in [2.45, 2.75) is 76.5 Å². The molecule has 298 valence electrons. The first-order chi connectivity index (χ1) is 26.3. The number of anilines is 1. The van der Waals surface area contributed by atoms with Crippen molar-refractivity contribution in [3.05, 3.63) is 70.3 Å². The summed E-state index contributed by atoms with van der Waals surface area (Å²) in [6.07, 6.45) is 14.2. The molecule has 1 aliphatic carbocycles. The van der Waals surface area contributed by atoms with Crippen LogP contribution in [0.4, 0.5) is 5.69 Å². The fourth-order valence-electron chi connectivity index (χ4n) is 9.16. The number of unbranched alkanes of at least 4 members (excludes halogenated alkanes) is 1. The molecule has 0 aromatic heterocycles. The Bertz CT molecular complexity index is 1560. The summed E-state index contributed by atoms with van der Waals surface area (Å²) in [5.41, 5.74) is 4.45. The molecule has 3 fully saturated rings. The summed E-state index contributed by atoms with van der Waals surface area (Å²) in [4.78, 5) is 21.7. The summed E-state index contributed by atoms with van der Waals surface area (Å²) < 4.78 is 12.4. The molecule has 8 nitrogen and oxygen atoms in total. The summed E-state index contributed by atoms with van der Waals surface area (Å²) in [7, 11) is 1.00. The van der Waals surface area contributed by atoms with Crippen molar-refractivity contribution in [1.29, 1.82) is 0 Å². The van der Waals surface area contributed by atoms with Gasteiger partial charge in [0, 0.05) is 93.8 Å². The molecule has 0 radical (unpaired) electrons. The number of fused-ring (bicyclic) bond motifs is 3. The largest absolute Gasteiger partial charge is 0.491 e. The average molecular weight is 799 g/mol. The Balaban J connectivity index is 0.00000245. The molecule has 7 atom stereocenters. The Labute approximate surface area is 339 Å². The van der Waals surface area contributed by atoms with Gasteiger partial charge < -0.3 is 14.7 Å². The number of halogens is 1. The van der Waals surface area contributed by atoms with Crippen LogP contribution in [0.5, 0.6) is 5.75 Å². The topological polar surface area (TPSA) is 71.5 Å². The minimum absolute atomic E-state index is 0.0323. The molecule has 4 aliphatic heterocycles. The van der Waals surface area contributed by atoms with E-state index in [0.717, 1.165) is 68.9 Å². The van der Waals surface area contributed by atoms with Gasteiger partial charge in [0.05, 0.1) is 12.3 Å². The zero-order valence-electron chi connectivity index (χ0n) is 33.2. The van der Waals surface area contributed by atoms with Gasteiger partial charge in [0.1, 0.15) is 5.75 Å². The molecular weight excluding hydrogens is 734 g/mol. The van der Waals surface area contributed by atoms with Gasteiger partial charge in [-0.15, -0.1) is 0 Å². The minimum atomic E-state index is -0.0323. The van der Waals surface area contributed by atoms with E-state index < -0.39 is 0 Å². The summed E-state index contributed by atoms with van der Waals surface area (Å²) in [5.74, 6) is 3.29. The summed E-state index contributed by atoms with van der Waals surface area (Å²) in [5, 5.41) is 8.11. The number of ether oxygens (including phenoxy) is 1. The molecule has 11 heteroatoms. The SMILES string of the molecule is CCCCc1cc(Cl)ccc1C1COc2ccc3cc2N(C1)CC1CCC1C(CN1CCN2CCN(SC)CC2C1)/C=C/CC(C)C(C)SNC3=O.CO. The summed E-state index contributed by atoms with van der Waals surface area (Å²) >= 11 is 10.0. The zero-order valence-corrected chi connectivity index (χ0v) is 35.6. The van der Waals surface area contributed by atoms with Crippen LogP contribution in [0.15, 0.2) is 48.6 Å². The first-order valence-electron chi connectivity index (χ1n) is 20.4. The molecule has 54 heavy (non-hydrogen) atoms.